The fourth-order valence-electron chi connectivity index (χ4n) is 2.05. The second-order valence-corrected chi connectivity index (χ2v) is 4.65. The zero-order chi connectivity index (χ0) is 13.0. The smallest absolute Gasteiger partial charge is 0.0702 e. The molecule has 2 nitrogen and oxygen atoms in total. The zero-order valence-corrected chi connectivity index (χ0v) is 11.1. The van der Waals surface area contributed by atoms with E-state index < -0.39 is 0 Å². The minimum atomic E-state index is -0.00494. The van der Waals surface area contributed by atoms with E-state index in [2.05, 4.69) is 17.0 Å². The fourth-order valence-corrected chi connectivity index (χ4v) is 2.39. The number of anilines is 1. The third kappa shape index (κ3) is 2.84. The maximum absolute atomic E-state index is 9.37. The van der Waals surface area contributed by atoms with Crippen LogP contribution in [0.5, 0.6) is 0 Å². The summed E-state index contributed by atoms with van der Waals surface area (Å²) in [6.07, 6.45) is 0. The van der Waals surface area contributed by atoms with Gasteiger partial charge in [0.1, 0.15) is 0 Å². The molecular weight excluding hydrogens is 246 g/mol. The van der Waals surface area contributed by atoms with Gasteiger partial charge in [0.2, 0.25) is 0 Å². The van der Waals surface area contributed by atoms with E-state index in [0.29, 0.717) is 5.02 Å². The molecule has 0 radical (unpaired) electrons. The largest absolute Gasteiger partial charge is 0.392 e. The number of aliphatic hydroxyl groups excluding tert-OH is 1. The monoisotopic (exact) mass is 261 g/mol. The SMILES string of the molecule is CN(Cc1ccccc1)c1c(Cl)cccc1CO. The molecule has 3 heteroatoms. The summed E-state index contributed by atoms with van der Waals surface area (Å²) in [6, 6.07) is 15.8. The van der Waals surface area contributed by atoms with Crippen LogP contribution in [0.4, 0.5) is 5.69 Å². The molecule has 0 unspecified atom stereocenters. The molecular formula is C15H16ClNO. The van der Waals surface area contributed by atoms with Gasteiger partial charge in [0.15, 0.2) is 0 Å². The minimum absolute atomic E-state index is 0.00494. The van der Waals surface area contributed by atoms with Crippen molar-refractivity contribution in [3.8, 4) is 0 Å². The molecule has 94 valence electrons. The van der Waals surface area contributed by atoms with Crippen LogP contribution in [0.2, 0.25) is 5.02 Å². The van der Waals surface area contributed by atoms with Gasteiger partial charge in [-0.25, -0.2) is 0 Å². The second-order valence-electron chi connectivity index (χ2n) is 4.25. The molecule has 0 atom stereocenters. The summed E-state index contributed by atoms with van der Waals surface area (Å²) >= 11 is 6.22. The van der Waals surface area contributed by atoms with Crippen LogP contribution < -0.4 is 4.90 Å². The zero-order valence-electron chi connectivity index (χ0n) is 10.3. The summed E-state index contributed by atoms with van der Waals surface area (Å²) in [5.41, 5.74) is 2.95. The van der Waals surface area contributed by atoms with E-state index in [4.69, 9.17) is 11.6 Å². The standard InChI is InChI=1S/C15H16ClNO/c1-17(10-12-6-3-2-4-7-12)15-13(11-18)8-5-9-14(15)16/h2-9,18H,10-11H2,1H3. The maximum Gasteiger partial charge on any atom is 0.0702 e. The van der Waals surface area contributed by atoms with Gasteiger partial charge in [0, 0.05) is 19.2 Å². The van der Waals surface area contributed by atoms with Crippen molar-refractivity contribution in [1.82, 2.24) is 0 Å². The van der Waals surface area contributed by atoms with Gasteiger partial charge in [-0.3, -0.25) is 0 Å². The molecule has 2 aromatic carbocycles. The van der Waals surface area contributed by atoms with Crippen molar-refractivity contribution in [1.29, 1.82) is 0 Å². The molecule has 2 rings (SSSR count). The lowest BCUT2D eigenvalue weighted by Crippen LogP contribution is -2.18. The van der Waals surface area contributed by atoms with Gasteiger partial charge < -0.3 is 10.0 Å². The summed E-state index contributed by atoms with van der Waals surface area (Å²) < 4.78 is 0. The molecule has 0 spiro atoms. The lowest BCUT2D eigenvalue weighted by molar-refractivity contribution is 0.282. The van der Waals surface area contributed by atoms with Crippen molar-refractivity contribution in [3.63, 3.8) is 0 Å². The summed E-state index contributed by atoms with van der Waals surface area (Å²) in [7, 11) is 1.98. The average Bonchev–Trinajstić information content (AvgIpc) is 2.39. The molecule has 18 heavy (non-hydrogen) atoms. The Morgan fingerprint density at radius 3 is 2.44 bits per heavy atom. The molecule has 0 fully saturated rings. The minimum Gasteiger partial charge on any atom is -0.392 e. The Hall–Kier alpha value is -1.51. The number of nitrogens with zero attached hydrogens (tertiary/aromatic N) is 1. The van der Waals surface area contributed by atoms with E-state index >= 15 is 0 Å². The van der Waals surface area contributed by atoms with Crippen LogP contribution in [0, 0.1) is 0 Å². The van der Waals surface area contributed by atoms with Gasteiger partial charge in [-0.05, 0) is 11.6 Å². The van der Waals surface area contributed by atoms with Crippen molar-refractivity contribution in [2.45, 2.75) is 13.2 Å². The van der Waals surface area contributed by atoms with Crippen molar-refractivity contribution in [2.75, 3.05) is 11.9 Å². The lowest BCUT2D eigenvalue weighted by Gasteiger charge is -2.23. The van der Waals surface area contributed by atoms with E-state index in [9.17, 15) is 5.11 Å². The van der Waals surface area contributed by atoms with E-state index in [1.165, 1.54) is 5.56 Å². The summed E-state index contributed by atoms with van der Waals surface area (Å²) in [6.45, 7) is 0.757. The van der Waals surface area contributed by atoms with Gasteiger partial charge in [0.25, 0.3) is 0 Å². The van der Waals surface area contributed by atoms with Crippen molar-refractivity contribution in [3.05, 3.63) is 64.7 Å². The molecule has 0 aliphatic heterocycles. The number of hydrogen-bond acceptors (Lipinski definition) is 2. The Morgan fingerprint density at radius 2 is 1.78 bits per heavy atom. The summed E-state index contributed by atoms with van der Waals surface area (Å²) in [5.74, 6) is 0. The third-order valence-electron chi connectivity index (χ3n) is 2.88. The molecule has 2 aromatic rings. The van der Waals surface area contributed by atoms with Crippen LogP contribution in [0.25, 0.3) is 0 Å². The number of aliphatic hydroxyl groups is 1. The Morgan fingerprint density at radius 1 is 1.06 bits per heavy atom. The molecule has 0 heterocycles. The van der Waals surface area contributed by atoms with Crippen molar-refractivity contribution < 1.29 is 5.11 Å². The second kappa shape index (κ2) is 5.89. The highest BCUT2D eigenvalue weighted by molar-refractivity contribution is 6.33. The first-order valence-electron chi connectivity index (χ1n) is 5.85. The number of para-hydroxylation sites is 1. The van der Waals surface area contributed by atoms with Crippen LogP contribution in [0.3, 0.4) is 0 Å². The lowest BCUT2D eigenvalue weighted by atomic mass is 10.1. The van der Waals surface area contributed by atoms with Crippen molar-refractivity contribution in [2.24, 2.45) is 0 Å². The van der Waals surface area contributed by atoms with Gasteiger partial charge in [-0.2, -0.15) is 0 Å². The first-order valence-corrected chi connectivity index (χ1v) is 6.23. The highest BCUT2D eigenvalue weighted by atomic mass is 35.5. The predicted molar refractivity (Wildman–Crippen MR) is 75.9 cm³/mol. The topological polar surface area (TPSA) is 23.5 Å². The molecule has 0 aliphatic carbocycles. The molecule has 0 aromatic heterocycles. The maximum atomic E-state index is 9.37. The first-order chi connectivity index (χ1) is 8.72. The summed E-state index contributed by atoms with van der Waals surface area (Å²) in [4.78, 5) is 2.06. The van der Waals surface area contributed by atoms with E-state index in [-0.39, 0.29) is 6.61 Å². The number of rotatable bonds is 4. The quantitative estimate of drug-likeness (QED) is 0.911. The molecule has 0 saturated heterocycles. The number of benzene rings is 2. The van der Waals surface area contributed by atoms with Gasteiger partial charge >= 0.3 is 0 Å². The Balaban J connectivity index is 2.26. The summed E-state index contributed by atoms with van der Waals surface area (Å²) in [5, 5.41) is 10.0. The van der Waals surface area contributed by atoms with Gasteiger partial charge in [-0.15, -0.1) is 0 Å². The molecule has 1 N–H and O–H groups in total. The molecule has 0 aliphatic rings. The third-order valence-corrected chi connectivity index (χ3v) is 3.19. The van der Waals surface area contributed by atoms with Crippen LogP contribution >= 0.6 is 11.6 Å². The Kier molecular flexibility index (Phi) is 4.24. The number of halogens is 1. The van der Waals surface area contributed by atoms with Crippen molar-refractivity contribution >= 4 is 17.3 Å². The van der Waals surface area contributed by atoms with E-state index in [0.717, 1.165) is 17.8 Å². The highest BCUT2D eigenvalue weighted by Crippen LogP contribution is 2.30. The van der Waals surface area contributed by atoms with Gasteiger partial charge in [-0.1, -0.05) is 54.1 Å². The molecule has 0 amide bonds. The van der Waals surface area contributed by atoms with Crippen LogP contribution in [0.15, 0.2) is 48.5 Å². The van der Waals surface area contributed by atoms with Crippen LogP contribution in [-0.2, 0) is 13.2 Å². The predicted octanol–water partition coefficient (Wildman–Crippen LogP) is 3.47. The average molecular weight is 262 g/mol. The normalized spacial score (nSPS) is 10.4. The Bertz CT molecular complexity index is 513. The van der Waals surface area contributed by atoms with Crippen LogP contribution in [-0.4, -0.2) is 12.2 Å². The number of hydrogen-bond donors (Lipinski definition) is 1. The molecule has 0 saturated carbocycles. The van der Waals surface area contributed by atoms with Gasteiger partial charge in [0.05, 0.1) is 17.3 Å². The van der Waals surface area contributed by atoms with Crippen LogP contribution in [0.1, 0.15) is 11.1 Å². The Labute approximate surface area is 112 Å². The molecule has 0 bridgehead atoms. The first kappa shape index (κ1) is 12.9. The van der Waals surface area contributed by atoms with E-state index in [1.807, 2.05) is 43.4 Å². The highest BCUT2D eigenvalue weighted by Gasteiger charge is 2.11. The fraction of sp³-hybridized carbons (Fsp3) is 0.200. The van der Waals surface area contributed by atoms with E-state index in [1.54, 1.807) is 0 Å².